The molecule has 7 nitrogen and oxygen atoms in total. The van der Waals surface area contributed by atoms with Crippen LogP contribution in [0.15, 0.2) is 29.4 Å². The van der Waals surface area contributed by atoms with Crippen molar-refractivity contribution in [3.8, 4) is 5.75 Å². The van der Waals surface area contributed by atoms with Crippen molar-refractivity contribution in [1.29, 1.82) is 0 Å². The highest BCUT2D eigenvalue weighted by Crippen LogP contribution is 2.33. The van der Waals surface area contributed by atoms with Gasteiger partial charge < -0.3 is 19.5 Å². The number of benzene rings is 1. The van der Waals surface area contributed by atoms with Crippen molar-refractivity contribution in [2.75, 3.05) is 25.2 Å². The van der Waals surface area contributed by atoms with Crippen molar-refractivity contribution in [2.45, 2.75) is 88.5 Å². The fourth-order valence-corrected chi connectivity index (χ4v) is 6.16. The minimum absolute atomic E-state index is 0.193. The zero-order chi connectivity index (χ0) is 23.9. The predicted molar refractivity (Wildman–Crippen MR) is 137 cm³/mol. The van der Waals surface area contributed by atoms with E-state index in [0.29, 0.717) is 24.4 Å². The summed E-state index contributed by atoms with van der Waals surface area (Å²) in [6.07, 6.45) is 10.7. The molecule has 1 N–H and O–H groups in total. The van der Waals surface area contributed by atoms with Gasteiger partial charge in [-0.2, -0.15) is 0 Å². The predicted octanol–water partition coefficient (Wildman–Crippen LogP) is 5.53. The number of nitrogens with zero attached hydrogens (tertiary/aromatic N) is 4. The lowest BCUT2D eigenvalue weighted by atomic mass is 9.87. The lowest BCUT2D eigenvalue weighted by Crippen LogP contribution is -2.40. The van der Waals surface area contributed by atoms with E-state index in [2.05, 4.69) is 27.0 Å². The van der Waals surface area contributed by atoms with Crippen LogP contribution < -0.4 is 10.1 Å². The van der Waals surface area contributed by atoms with Crippen molar-refractivity contribution < 1.29 is 9.53 Å². The number of anilines is 1. The van der Waals surface area contributed by atoms with Crippen LogP contribution in [0.5, 0.6) is 5.75 Å². The SMILES string of the molecule is COc1cccc(NCc2nnc(SCC(=O)N(C)C3CCC(C)CC3)n2C2CCCCC2)c1. The molecule has 0 bridgehead atoms. The van der Waals surface area contributed by atoms with E-state index < -0.39 is 0 Å². The standard InChI is InChI=1S/C26H39N5O2S/c1-19-12-14-21(15-13-19)30(2)25(32)18-34-26-29-28-24(31(26)22-9-5-4-6-10-22)17-27-20-8-7-11-23(16-20)33-3/h7-8,11,16,19,21-22,27H,4-6,9-10,12-15,17-18H2,1-3H3. The first kappa shape index (κ1) is 24.9. The minimum atomic E-state index is 0.193. The van der Waals surface area contributed by atoms with Crippen molar-refractivity contribution in [2.24, 2.45) is 5.92 Å². The second kappa shape index (κ2) is 12.0. The monoisotopic (exact) mass is 485 g/mol. The third kappa shape index (κ3) is 6.26. The molecule has 0 atom stereocenters. The Morgan fingerprint density at radius 1 is 1.15 bits per heavy atom. The number of amides is 1. The molecule has 0 unspecified atom stereocenters. The van der Waals surface area contributed by atoms with Crippen LogP contribution in [0.2, 0.25) is 0 Å². The summed E-state index contributed by atoms with van der Waals surface area (Å²) in [6.45, 7) is 2.90. The molecule has 2 aromatic rings. The molecule has 4 rings (SSSR count). The molecule has 0 radical (unpaired) electrons. The number of ether oxygens (including phenoxy) is 1. The fraction of sp³-hybridized carbons (Fsp3) is 0.654. The first-order valence-corrected chi connectivity index (χ1v) is 13.7. The maximum Gasteiger partial charge on any atom is 0.233 e. The number of methoxy groups -OCH3 is 1. The summed E-state index contributed by atoms with van der Waals surface area (Å²) in [7, 11) is 3.65. The molecule has 2 saturated carbocycles. The number of hydrogen-bond acceptors (Lipinski definition) is 6. The topological polar surface area (TPSA) is 72.3 Å². The zero-order valence-corrected chi connectivity index (χ0v) is 21.6. The molecular weight excluding hydrogens is 446 g/mol. The maximum absolute atomic E-state index is 13.0. The van der Waals surface area contributed by atoms with E-state index >= 15 is 0 Å². The number of rotatable bonds is 9. The van der Waals surface area contributed by atoms with E-state index in [1.807, 2.05) is 36.2 Å². The van der Waals surface area contributed by atoms with E-state index in [9.17, 15) is 4.79 Å². The quantitative estimate of drug-likeness (QED) is 0.471. The molecule has 1 aromatic heterocycles. The lowest BCUT2D eigenvalue weighted by Gasteiger charge is -2.33. The van der Waals surface area contributed by atoms with Gasteiger partial charge in [-0.05, 0) is 56.6 Å². The first-order chi connectivity index (χ1) is 16.5. The molecule has 0 aliphatic heterocycles. The van der Waals surface area contributed by atoms with Gasteiger partial charge in [0.25, 0.3) is 0 Å². The van der Waals surface area contributed by atoms with E-state index in [1.165, 1.54) is 32.1 Å². The molecule has 8 heteroatoms. The first-order valence-electron chi connectivity index (χ1n) is 12.7. The molecule has 1 amide bonds. The summed E-state index contributed by atoms with van der Waals surface area (Å²) < 4.78 is 7.64. The van der Waals surface area contributed by atoms with Gasteiger partial charge in [0.2, 0.25) is 5.91 Å². The van der Waals surface area contributed by atoms with Gasteiger partial charge in [0.15, 0.2) is 11.0 Å². The van der Waals surface area contributed by atoms with Crippen molar-refractivity contribution in [3.63, 3.8) is 0 Å². The molecule has 0 saturated heterocycles. The van der Waals surface area contributed by atoms with Crippen LogP contribution in [0.1, 0.15) is 76.6 Å². The van der Waals surface area contributed by atoms with Crippen LogP contribution in [-0.4, -0.2) is 51.5 Å². The van der Waals surface area contributed by atoms with Gasteiger partial charge in [0.05, 0.1) is 19.4 Å². The summed E-state index contributed by atoms with van der Waals surface area (Å²) in [5, 5.41) is 13.4. The molecular formula is C26H39N5O2S. The number of aromatic nitrogens is 3. The summed E-state index contributed by atoms with van der Waals surface area (Å²) in [5.74, 6) is 3.15. The molecule has 0 spiro atoms. The number of carbonyl (C=O) groups is 1. The van der Waals surface area contributed by atoms with Gasteiger partial charge in [0.1, 0.15) is 5.75 Å². The average molecular weight is 486 g/mol. The molecule has 186 valence electrons. The van der Waals surface area contributed by atoms with Gasteiger partial charge in [-0.25, -0.2) is 0 Å². The number of carbonyl (C=O) groups excluding carboxylic acids is 1. The van der Waals surface area contributed by atoms with Gasteiger partial charge in [-0.1, -0.05) is 44.0 Å². The summed E-state index contributed by atoms with van der Waals surface area (Å²) in [5.41, 5.74) is 0.991. The zero-order valence-electron chi connectivity index (χ0n) is 20.8. The van der Waals surface area contributed by atoms with E-state index in [4.69, 9.17) is 4.74 Å². The Morgan fingerprint density at radius 3 is 2.65 bits per heavy atom. The van der Waals surface area contributed by atoms with Crippen LogP contribution in [-0.2, 0) is 11.3 Å². The summed E-state index contributed by atoms with van der Waals surface area (Å²) in [6, 6.07) is 8.71. The number of thioether (sulfide) groups is 1. The Morgan fingerprint density at radius 2 is 1.91 bits per heavy atom. The molecule has 2 aliphatic carbocycles. The van der Waals surface area contributed by atoms with Crippen LogP contribution in [0.4, 0.5) is 5.69 Å². The highest BCUT2D eigenvalue weighted by Gasteiger charge is 2.27. The maximum atomic E-state index is 13.0. The smallest absolute Gasteiger partial charge is 0.233 e. The lowest BCUT2D eigenvalue weighted by molar-refractivity contribution is -0.129. The van der Waals surface area contributed by atoms with Crippen LogP contribution in [0.25, 0.3) is 0 Å². The van der Waals surface area contributed by atoms with Gasteiger partial charge in [0, 0.05) is 30.9 Å². The fourth-order valence-electron chi connectivity index (χ4n) is 5.21. The largest absolute Gasteiger partial charge is 0.497 e. The summed E-state index contributed by atoms with van der Waals surface area (Å²) >= 11 is 1.54. The highest BCUT2D eigenvalue weighted by molar-refractivity contribution is 7.99. The molecule has 2 aliphatic rings. The second-order valence-corrected chi connectivity index (χ2v) is 10.8. The van der Waals surface area contributed by atoms with Crippen molar-refractivity contribution in [3.05, 3.63) is 30.1 Å². The van der Waals surface area contributed by atoms with Crippen LogP contribution in [0, 0.1) is 5.92 Å². The molecule has 34 heavy (non-hydrogen) atoms. The summed E-state index contributed by atoms with van der Waals surface area (Å²) in [4.78, 5) is 15.0. The Kier molecular flexibility index (Phi) is 8.75. The Hall–Kier alpha value is -2.22. The van der Waals surface area contributed by atoms with Gasteiger partial charge in [-0.15, -0.1) is 10.2 Å². The van der Waals surface area contributed by atoms with Gasteiger partial charge >= 0.3 is 0 Å². The molecule has 2 fully saturated rings. The van der Waals surface area contributed by atoms with Crippen molar-refractivity contribution >= 4 is 23.4 Å². The minimum Gasteiger partial charge on any atom is -0.497 e. The normalized spacial score (nSPS) is 21.3. The average Bonchev–Trinajstić information content (AvgIpc) is 3.29. The van der Waals surface area contributed by atoms with E-state index in [0.717, 1.165) is 54.0 Å². The third-order valence-electron chi connectivity index (χ3n) is 7.45. The Labute approximate surface area is 208 Å². The van der Waals surface area contributed by atoms with Crippen molar-refractivity contribution in [1.82, 2.24) is 19.7 Å². The van der Waals surface area contributed by atoms with Crippen LogP contribution >= 0.6 is 11.8 Å². The Balaban J connectivity index is 1.42. The van der Waals surface area contributed by atoms with E-state index in [-0.39, 0.29) is 5.91 Å². The molecule has 1 heterocycles. The van der Waals surface area contributed by atoms with Crippen LogP contribution in [0.3, 0.4) is 0 Å². The molecule has 1 aromatic carbocycles. The number of nitrogens with one attached hydrogen (secondary N) is 1. The Bertz CT molecular complexity index is 935. The number of hydrogen-bond donors (Lipinski definition) is 1. The van der Waals surface area contributed by atoms with Gasteiger partial charge in [-0.3, -0.25) is 4.79 Å². The highest BCUT2D eigenvalue weighted by atomic mass is 32.2. The second-order valence-electron chi connectivity index (χ2n) is 9.85. The van der Waals surface area contributed by atoms with E-state index in [1.54, 1.807) is 18.9 Å². The third-order valence-corrected chi connectivity index (χ3v) is 8.37.